The summed E-state index contributed by atoms with van der Waals surface area (Å²) >= 11 is 0. The fourth-order valence-electron chi connectivity index (χ4n) is 6.47. The maximum absolute atomic E-state index is 10.6. The molecule has 0 heterocycles. The van der Waals surface area contributed by atoms with Gasteiger partial charge in [-0.15, -0.1) is 0 Å². The van der Waals surface area contributed by atoms with Gasteiger partial charge < -0.3 is 15.0 Å². The van der Waals surface area contributed by atoms with Crippen LogP contribution in [-0.4, -0.2) is 28.7 Å². The highest BCUT2D eigenvalue weighted by Gasteiger charge is 2.50. The number of aliphatic hydroxyl groups excluding tert-OH is 2. The molecule has 3 nitrogen and oxygen atoms in total. The third-order valence-electron chi connectivity index (χ3n) is 7.78. The molecular weight excluding hydrogens is 336 g/mol. The van der Waals surface area contributed by atoms with Gasteiger partial charge in [0.2, 0.25) is 0 Å². The van der Waals surface area contributed by atoms with Crippen LogP contribution in [0, 0.1) is 23.2 Å². The van der Waals surface area contributed by atoms with Crippen LogP contribution in [0.3, 0.4) is 0 Å². The molecule has 2 N–H and O–H groups in total. The van der Waals surface area contributed by atoms with Crippen LogP contribution in [-0.2, 0) is 4.79 Å². The summed E-state index contributed by atoms with van der Waals surface area (Å²) < 4.78 is 0. The van der Waals surface area contributed by atoms with E-state index in [4.69, 9.17) is 0 Å². The lowest BCUT2D eigenvalue weighted by Crippen LogP contribution is -2.36. The Balaban J connectivity index is 1.70. The first-order valence-corrected chi connectivity index (χ1v) is 11.1. The summed E-state index contributed by atoms with van der Waals surface area (Å²) in [5.74, 6) is 2.14. The minimum absolute atomic E-state index is 0.391. The minimum atomic E-state index is -0.391. The molecule has 0 saturated heterocycles. The van der Waals surface area contributed by atoms with Crippen molar-refractivity contribution in [1.82, 2.24) is 0 Å². The van der Waals surface area contributed by atoms with E-state index in [-0.39, 0.29) is 0 Å². The zero-order chi connectivity index (χ0) is 19.4. The van der Waals surface area contributed by atoms with Crippen molar-refractivity contribution in [1.29, 1.82) is 0 Å². The van der Waals surface area contributed by atoms with Crippen molar-refractivity contribution in [2.45, 2.75) is 96.7 Å². The van der Waals surface area contributed by atoms with E-state index >= 15 is 0 Å². The Labute approximate surface area is 164 Å². The Bertz CT molecular complexity index is 566. The number of carbonyl (C=O) groups excluding carboxylic acids is 1. The van der Waals surface area contributed by atoms with Crippen LogP contribution in [0.15, 0.2) is 23.3 Å². The van der Waals surface area contributed by atoms with Gasteiger partial charge in [-0.3, -0.25) is 0 Å². The minimum Gasteiger partial charge on any atom is -0.393 e. The summed E-state index contributed by atoms with van der Waals surface area (Å²) in [6.45, 7) is 4.91. The monoisotopic (exact) mass is 374 g/mol. The van der Waals surface area contributed by atoms with Crippen molar-refractivity contribution in [3.63, 3.8) is 0 Å². The van der Waals surface area contributed by atoms with Gasteiger partial charge in [0.1, 0.15) is 6.29 Å². The second-order valence-electron chi connectivity index (χ2n) is 9.69. The molecule has 27 heavy (non-hydrogen) atoms. The van der Waals surface area contributed by atoms with Crippen molar-refractivity contribution < 1.29 is 15.0 Å². The quantitative estimate of drug-likeness (QED) is 0.510. The number of fused-ring (bicyclic) bond motifs is 1. The number of aldehydes is 1. The maximum Gasteiger partial charge on any atom is 0.119 e. The highest BCUT2D eigenvalue weighted by Crippen LogP contribution is 2.59. The summed E-state index contributed by atoms with van der Waals surface area (Å²) in [4.78, 5) is 10.6. The highest BCUT2D eigenvalue weighted by atomic mass is 16.3. The number of rotatable bonds is 6. The summed E-state index contributed by atoms with van der Waals surface area (Å²) in [7, 11) is 0. The molecule has 6 atom stereocenters. The van der Waals surface area contributed by atoms with Crippen LogP contribution in [0.4, 0.5) is 0 Å². The van der Waals surface area contributed by atoms with Gasteiger partial charge in [-0.05, 0) is 81.0 Å². The number of carbonyl (C=O) groups is 1. The summed E-state index contributed by atoms with van der Waals surface area (Å²) in [5, 5.41) is 19.8. The van der Waals surface area contributed by atoms with E-state index in [1.165, 1.54) is 44.1 Å². The van der Waals surface area contributed by atoms with Crippen LogP contribution < -0.4 is 0 Å². The van der Waals surface area contributed by atoms with E-state index in [1.54, 1.807) is 5.57 Å². The first-order valence-electron chi connectivity index (χ1n) is 11.1. The Kier molecular flexibility index (Phi) is 6.97. The second-order valence-corrected chi connectivity index (χ2v) is 9.69. The summed E-state index contributed by atoms with van der Waals surface area (Å²) in [5.41, 5.74) is 3.18. The molecule has 0 unspecified atom stereocenters. The van der Waals surface area contributed by atoms with E-state index in [9.17, 15) is 15.0 Å². The molecule has 0 aromatic rings. The molecule has 3 rings (SSSR count). The molecule has 0 bridgehead atoms. The Morgan fingerprint density at radius 3 is 2.63 bits per heavy atom. The summed E-state index contributed by atoms with van der Waals surface area (Å²) in [6, 6.07) is 0. The smallest absolute Gasteiger partial charge is 0.119 e. The molecule has 0 spiro atoms. The number of hydrogen-bond acceptors (Lipinski definition) is 3. The van der Waals surface area contributed by atoms with Gasteiger partial charge >= 0.3 is 0 Å². The Hall–Kier alpha value is -0.930. The summed E-state index contributed by atoms with van der Waals surface area (Å²) in [6.07, 6.45) is 16.0. The number of unbranched alkanes of at least 4 members (excludes halogenated alkanes) is 1. The van der Waals surface area contributed by atoms with Crippen LogP contribution >= 0.6 is 0 Å². The number of hydrogen-bond donors (Lipinski definition) is 2. The van der Waals surface area contributed by atoms with E-state index in [1.807, 2.05) is 0 Å². The fourth-order valence-corrected chi connectivity index (χ4v) is 6.47. The van der Waals surface area contributed by atoms with Gasteiger partial charge in [0.05, 0.1) is 12.2 Å². The fraction of sp³-hybridized carbons (Fsp3) is 0.792. The lowest BCUT2D eigenvalue weighted by Gasteiger charge is -2.44. The molecule has 3 fully saturated rings. The van der Waals surface area contributed by atoms with Crippen LogP contribution in [0.1, 0.15) is 84.5 Å². The third-order valence-corrected chi connectivity index (χ3v) is 7.78. The van der Waals surface area contributed by atoms with E-state index < -0.39 is 12.2 Å². The van der Waals surface area contributed by atoms with Crippen molar-refractivity contribution in [3.05, 3.63) is 23.3 Å². The standard InChI is InChI=1S/C24H38O3/c1-17(6-3-4-13-25)22-10-11-23-19(7-5-12-24(22,23)2)9-8-18-14-20(26)16-21(27)15-18/h8-9,13,17,20-23,26-27H,3-7,10-12,14-16H2,1-2H3/b19-9+/t17-,20-,21-,22-,23+,24-/m1/s1. The van der Waals surface area contributed by atoms with Crippen LogP contribution in [0.5, 0.6) is 0 Å². The predicted octanol–water partition coefficient (Wildman–Crippen LogP) is 4.97. The van der Waals surface area contributed by atoms with E-state index in [0.717, 1.165) is 18.6 Å². The zero-order valence-electron chi connectivity index (χ0n) is 17.2. The van der Waals surface area contributed by atoms with Crippen molar-refractivity contribution in [3.8, 4) is 0 Å². The molecular formula is C24H38O3. The molecule has 0 aromatic carbocycles. The molecule has 3 saturated carbocycles. The van der Waals surface area contributed by atoms with Gasteiger partial charge in [-0.25, -0.2) is 0 Å². The lowest BCUT2D eigenvalue weighted by molar-refractivity contribution is -0.108. The molecule has 3 aliphatic rings. The second kappa shape index (κ2) is 9.05. The Morgan fingerprint density at radius 1 is 1.19 bits per heavy atom. The largest absolute Gasteiger partial charge is 0.393 e. The van der Waals surface area contributed by atoms with Gasteiger partial charge in [-0.2, -0.15) is 0 Å². The molecule has 0 aromatic heterocycles. The topological polar surface area (TPSA) is 57.5 Å². The first-order chi connectivity index (χ1) is 12.9. The van der Waals surface area contributed by atoms with Crippen LogP contribution in [0.2, 0.25) is 0 Å². The zero-order valence-corrected chi connectivity index (χ0v) is 17.2. The van der Waals surface area contributed by atoms with Crippen LogP contribution in [0.25, 0.3) is 0 Å². The SMILES string of the molecule is C[C@H](CCCC=O)[C@H]1CC[C@H]2/C(=C/C=C3C[C@@H](O)C[C@H](O)C3)CCC[C@]12C. The molecule has 3 heteroatoms. The third kappa shape index (κ3) is 4.74. The molecule has 3 aliphatic carbocycles. The molecule has 0 amide bonds. The predicted molar refractivity (Wildman–Crippen MR) is 109 cm³/mol. The maximum atomic E-state index is 10.6. The van der Waals surface area contributed by atoms with E-state index in [2.05, 4.69) is 26.0 Å². The molecule has 152 valence electrons. The van der Waals surface area contributed by atoms with Gasteiger partial charge in [-0.1, -0.05) is 43.6 Å². The lowest BCUT2D eigenvalue weighted by atomic mass is 9.60. The Morgan fingerprint density at radius 2 is 1.93 bits per heavy atom. The van der Waals surface area contributed by atoms with Gasteiger partial charge in [0, 0.05) is 6.42 Å². The highest BCUT2D eigenvalue weighted by molar-refractivity contribution is 5.48. The number of allylic oxidation sites excluding steroid dienone is 3. The van der Waals surface area contributed by atoms with Crippen molar-refractivity contribution >= 4 is 6.29 Å². The average Bonchev–Trinajstić information content (AvgIpc) is 2.97. The normalized spacial score (nSPS) is 39.3. The van der Waals surface area contributed by atoms with Crippen molar-refractivity contribution in [2.24, 2.45) is 23.2 Å². The van der Waals surface area contributed by atoms with E-state index in [0.29, 0.717) is 42.9 Å². The van der Waals surface area contributed by atoms with Crippen molar-refractivity contribution in [2.75, 3.05) is 0 Å². The average molecular weight is 375 g/mol. The molecule has 0 aliphatic heterocycles. The first kappa shape index (κ1) is 20.8. The van der Waals surface area contributed by atoms with Gasteiger partial charge in [0.25, 0.3) is 0 Å². The van der Waals surface area contributed by atoms with Gasteiger partial charge in [0.15, 0.2) is 0 Å². The molecule has 0 radical (unpaired) electrons. The number of aliphatic hydroxyl groups is 2.